The van der Waals surface area contributed by atoms with Crippen LogP contribution < -0.4 is 5.46 Å². The number of Topliss-reactive ketones (excluding diaryl/α,β-unsaturated/α-hetero) is 2. The van der Waals surface area contributed by atoms with Gasteiger partial charge in [0.25, 0.3) is 0 Å². The molecule has 1 saturated heterocycles. The highest BCUT2D eigenvalue weighted by molar-refractivity contribution is 9.10. The number of aromatic nitrogens is 8. The van der Waals surface area contributed by atoms with Crippen molar-refractivity contribution in [2.45, 2.75) is 65.1 Å². The standard InChI is InChI=1S/C20H13F3N4O.C19H19BF3N3O2.C7H6BrNO/c1-12(28)16-9-14(7-8-24-16)13-5-6-15-11-25-27(17(15)10-13)19-4-2-3-18(26-19)20(21,22)23;1-17(2)18(3,4)28-20(27-17)13-9-8-12-11-24-26(14(12)10-13)16-7-5-6-15(25-16)19(21,22)23;1-5(10)7-4-6(8)2-3-9-7/h2-11H,1H3;5-11H,1-4H3;2-4H,1H3. The van der Waals surface area contributed by atoms with Crippen LogP contribution in [0.4, 0.5) is 26.3 Å². The van der Waals surface area contributed by atoms with Crippen molar-refractivity contribution in [1.82, 2.24) is 39.5 Å². The molecular weight excluding hydrogens is 933 g/mol. The van der Waals surface area contributed by atoms with Gasteiger partial charge in [0.15, 0.2) is 23.2 Å². The Labute approximate surface area is 382 Å². The minimum Gasteiger partial charge on any atom is -0.399 e. The van der Waals surface area contributed by atoms with Gasteiger partial charge in [-0.1, -0.05) is 52.3 Å². The zero-order valence-electron chi connectivity index (χ0n) is 36.0. The Bertz CT molecular complexity index is 3080. The van der Waals surface area contributed by atoms with Crippen LogP contribution in [0.5, 0.6) is 0 Å². The van der Waals surface area contributed by atoms with Crippen LogP contribution in [-0.2, 0) is 21.7 Å². The van der Waals surface area contributed by atoms with Crippen molar-refractivity contribution in [3.05, 3.63) is 149 Å². The Morgan fingerprint density at radius 1 is 0.606 bits per heavy atom. The van der Waals surface area contributed by atoms with Crippen LogP contribution in [0.25, 0.3) is 44.6 Å². The summed E-state index contributed by atoms with van der Waals surface area (Å²) in [4.78, 5) is 37.6. The molecule has 1 aliphatic rings. The lowest BCUT2D eigenvalue weighted by Gasteiger charge is -2.32. The SMILES string of the molecule is CC(=O)c1cc(-c2ccc3cnn(-c4cccc(C(F)(F)F)n4)c3c2)ccn1.CC(=O)c1cc(Br)ccn1.CC1(C)OB(c2ccc3cnn(-c4cccc(C(F)(F)F)n4)c3c2)OC1(C)C. The van der Waals surface area contributed by atoms with E-state index in [0.717, 1.165) is 44.0 Å². The van der Waals surface area contributed by atoms with Crippen molar-refractivity contribution in [2.24, 2.45) is 0 Å². The average molecular weight is 972 g/mol. The molecule has 66 heavy (non-hydrogen) atoms. The molecule has 20 heteroatoms. The first-order valence-electron chi connectivity index (χ1n) is 20.0. The molecule has 8 aromatic rings. The van der Waals surface area contributed by atoms with E-state index in [4.69, 9.17) is 9.31 Å². The molecule has 0 bridgehead atoms. The van der Waals surface area contributed by atoms with Crippen LogP contribution in [0.15, 0.2) is 126 Å². The molecule has 0 N–H and O–H groups in total. The molecule has 9 rings (SSSR count). The van der Waals surface area contributed by atoms with E-state index in [1.165, 1.54) is 47.5 Å². The van der Waals surface area contributed by atoms with Gasteiger partial charge in [0, 0.05) is 41.5 Å². The Kier molecular flexibility index (Phi) is 13.1. The fourth-order valence-corrected chi connectivity index (χ4v) is 6.86. The minimum absolute atomic E-state index is 0.0127. The van der Waals surface area contributed by atoms with Gasteiger partial charge in [-0.2, -0.15) is 36.5 Å². The third-order valence-corrected chi connectivity index (χ3v) is 11.2. The first kappa shape index (κ1) is 47.3. The number of hydrogen-bond acceptors (Lipinski definition) is 10. The van der Waals surface area contributed by atoms with Crippen LogP contribution in [0.2, 0.25) is 0 Å². The van der Waals surface area contributed by atoms with E-state index in [9.17, 15) is 35.9 Å². The summed E-state index contributed by atoms with van der Waals surface area (Å²) in [5.41, 5.74) is 1.45. The average Bonchev–Trinajstić information content (AvgIpc) is 3.96. The summed E-state index contributed by atoms with van der Waals surface area (Å²) in [7, 11) is -0.577. The van der Waals surface area contributed by atoms with E-state index in [1.54, 1.807) is 55.1 Å². The smallest absolute Gasteiger partial charge is 0.399 e. The van der Waals surface area contributed by atoms with E-state index >= 15 is 0 Å². The number of fused-ring (bicyclic) bond motifs is 2. The topological polar surface area (TPSA) is 140 Å². The van der Waals surface area contributed by atoms with Crippen molar-refractivity contribution in [1.29, 1.82) is 0 Å². The van der Waals surface area contributed by atoms with Crippen molar-refractivity contribution in [3.63, 3.8) is 0 Å². The van der Waals surface area contributed by atoms with Gasteiger partial charge in [-0.15, -0.1) is 0 Å². The van der Waals surface area contributed by atoms with Crippen LogP contribution >= 0.6 is 15.9 Å². The van der Waals surface area contributed by atoms with Gasteiger partial charge in [0.05, 0.1) is 34.6 Å². The van der Waals surface area contributed by atoms with Crippen molar-refractivity contribution in [3.8, 4) is 22.8 Å². The van der Waals surface area contributed by atoms with Gasteiger partial charge in [0.2, 0.25) is 0 Å². The van der Waals surface area contributed by atoms with Gasteiger partial charge in [-0.3, -0.25) is 19.6 Å². The van der Waals surface area contributed by atoms with E-state index < -0.39 is 42.1 Å². The zero-order valence-corrected chi connectivity index (χ0v) is 37.6. The number of rotatable bonds is 6. The maximum absolute atomic E-state index is 13.0. The Hall–Kier alpha value is -6.64. The summed E-state index contributed by atoms with van der Waals surface area (Å²) < 4.78 is 93.8. The first-order chi connectivity index (χ1) is 31.0. The van der Waals surface area contributed by atoms with E-state index in [0.29, 0.717) is 22.4 Å². The Morgan fingerprint density at radius 2 is 1.08 bits per heavy atom. The Morgan fingerprint density at radius 3 is 1.56 bits per heavy atom. The van der Waals surface area contributed by atoms with Gasteiger partial charge in [0.1, 0.15) is 22.8 Å². The Balaban J connectivity index is 0.000000163. The number of ketones is 2. The number of carbonyl (C=O) groups is 2. The molecule has 12 nitrogen and oxygen atoms in total. The largest absolute Gasteiger partial charge is 0.494 e. The molecule has 0 amide bonds. The fraction of sp³-hybridized carbons (Fsp3) is 0.217. The highest BCUT2D eigenvalue weighted by atomic mass is 79.9. The highest BCUT2D eigenvalue weighted by Crippen LogP contribution is 2.37. The molecule has 0 atom stereocenters. The molecule has 338 valence electrons. The number of benzene rings is 2. The molecule has 7 heterocycles. The quantitative estimate of drug-likeness (QED) is 0.0899. The first-order valence-corrected chi connectivity index (χ1v) is 20.8. The predicted octanol–water partition coefficient (Wildman–Crippen LogP) is 10.5. The van der Waals surface area contributed by atoms with Gasteiger partial charge in [-0.25, -0.2) is 19.3 Å². The number of alkyl halides is 6. The second kappa shape index (κ2) is 18.3. The number of halogens is 7. The summed E-state index contributed by atoms with van der Waals surface area (Å²) in [6.45, 7) is 10.8. The molecule has 0 unspecified atom stereocenters. The molecule has 1 fully saturated rings. The normalized spacial score (nSPS) is 14.3. The maximum Gasteiger partial charge on any atom is 0.494 e. The molecule has 0 spiro atoms. The van der Waals surface area contributed by atoms with E-state index in [1.807, 2.05) is 58.0 Å². The lowest BCUT2D eigenvalue weighted by molar-refractivity contribution is -0.141. The van der Waals surface area contributed by atoms with Crippen LogP contribution in [0, 0.1) is 0 Å². The van der Waals surface area contributed by atoms with Gasteiger partial charge < -0.3 is 9.31 Å². The molecule has 2 aromatic carbocycles. The minimum atomic E-state index is -4.54. The highest BCUT2D eigenvalue weighted by Gasteiger charge is 2.51. The lowest BCUT2D eigenvalue weighted by Crippen LogP contribution is -2.41. The predicted molar refractivity (Wildman–Crippen MR) is 239 cm³/mol. The lowest BCUT2D eigenvalue weighted by atomic mass is 9.79. The monoisotopic (exact) mass is 970 g/mol. The molecule has 0 saturated carbocycles. The third kappa shape index (κ3) is 10.4. The summed E-state index contributed by atoms with van der Waals surface area (Å²) in [5, 5.41) is 9.94. The van der Waals surface area contributed by atoms with Crippen molar-refractivity contribution >= 4 is 61.9 Å². The summed E-state index contributed by atoms with van der Waals surface area (Å²) in [6, 6.07) is 25.3. The second-order valence-electron chi connectivity index (χ2n) is 16.0. The van der Waals surface area contributed by atoms with Gasteiger partial charge >= 0.3 is 19.5 Å². The summed E-state index contributed by atoms with van der Waals surface area (Å²) in [5.74, 6) is -0.000503. The molecule has 6 aromatic heterocycles. The van der Waals surface area contributed by atoms with E-state index in [-0.39, 0.29) is 23.2 Å². The fourth-order valence-electron chi connectivity index (χ4n) is 6.52. The van der Waals surface area contributed by atoms with Crippen molar-refractivity contribution < 1.29 is 45.2 Å². The summed E-state index contributed by atoms with van der Waals surface area (Å²) in [6.07, 6.45) is -2.76. The molecule has 0 radical (unpaired) electrons. The second-order valence-corrected chi connectivity index (χ2v) is 16.9. The number of carbonyl (C=O) groups excluding carboxylic acids is 2. The number of pyridine rings is 4. The molecule has 1 aliphatic heterocycles. The van der Waals surface area contributed by atoms with Crippen LogP contribution in [0.1, 0.15) is 73.9 Å². The van der Waals surface area contributed by atoms with Crippen LogP contribution in [-0.4, -0.2) is 69.4 Å². The molecular formula is C46H38BBrF6N8O4. The van der Waals surface area contributed by atoms with Crippen molar-refractivity contribution in [2.75, 3.05) is 0 Å². The zero-order chi connectivity index (χ0) is 47.8. The number of hydrogen-bond donors (Lipinski definition) is 0. The molecule has 0 aliphatic carbocycles. The third-order valence-electron chi connectivity index (χ3n) is 10.7. The van der Waals surface area contributed by atoms with E-state index in [2.05, 4.69) is 46.1 Å². The maximum atomic E-state index is 13.0. The number of nitrogens with zero attached hydrogens (tertiary/aromatic N) is 8. The summed E-state index contributed by atoms with van der Waals surface area (Å²) >= 11 is 3.24. The van der Waals surface area contributed by atoms with Crippen LogP contribution in [0.3, 0.4) is 0 Å². The van der Waals surface area contributed by atoms with Gasteiger partial charge in [-0.05, 0) is 105 Å².